The zero-order chi connectivity index (χ0) is 14.4. The fourth-order valence-electron chi connectivity index (χ4n) is 2.25. The lowest BCUT2D eigenvalue weighted by atomic mass is 10.1. The molecule has 1 heterocycles. The lowest BCUT2D eigenvalue weighted by molar-refractivity contribution is 0.00981. The van der Waals surface area contributed by atoms with E-state index in [0.717, 1.165) is 31.6 Å². The van der Waals surface area contributed by atoms with E-state index in [4.69, 9.17) is 9.47 Å². The number of halogens is 1. The fraction of sp³-hybridized carbons (Fsp3) is 0.625. The highest BCUT2D eigenvalue weighted by Crippen LogP contribution is 2.15. The summed E-state index contributed by atoms with van der Waals surface area (Å²) < 4.78 is 24.8. The minimum Gasteiger partial charge on any atom is -0.376 e. The Bertz CT molecular complexity index is 417. The summed E-state index contributed by atoms with van der Waals surface area (Å²) >= 11 is 0. The summed E-state index contributed by atoms with van der Waals surface area (Å²) in [6, 6.07) is 5.62. The normalized spacial score (nSPS) is 18.9. The van der Waals surface area contributed by atoms with E-state index >= 15 is 0 Å². The van der Waals surface area contributed by atoms with Crippen molar-refractivity contribution in [2.45, 2.75) is 52.0 Å². The number of hydrogen-bond acceptors (Lipinski definition) is 3. The van der Waals surface area contributed by atoms with Crippen LogP contribution >= 0.6 is 0 Å². The van der Waals surface area contributed by atoms with E-state index < -0.39 is 0 Å². The van der Waals surface area contributed by atoms with Gasteiger partial charge in [0.15, 0.2) is 0 Å². The Balaban J connectivity index is 1.83. The molecule has 1 aliphatic heterocycles. The molecule has 1 aromatic carbocycles. The van der Waals surface area contributed by atoms with Gasteiger partial charge in [-0.15, -0.1) is 0 Å². The van der Waals surface area contributed by atoms with Crippen molar-refractivity contribution in [3.63, 3.8) is 0 Å². The van der Waals surface area contributed by atoms with Crippen molar-refractivity contribution in [2.24, 2.45) is 0 Å². The van der Waals surface area contributed by atoms with Gasteiger partial charge in [-0.2, -0.15) is 0 Å². The van der Waals surface area contributed by atoms with Gasteiger partial charge in [0.2, 0.25) is 0 Å². The van der Waals surface area contributed by atoms with Crippen molar-refractivity contribution >= 4 is 0 Å². The molecule has 1 aliphatic rings. The van der Waals surface area contributed by atoms with Crippen LogP contribution in [0.5, 0.6) is 0 Å². The zero-order valence-corrected chi connectivity index (χ0v) is 12.3. The molecule has 1 atom stereocenters. The molecule has 1 N–H and O–H groups in total. The van der Waals surface area contributed by atoms with Gasteiger partial charge in [-0.05, 0) is 30.5 Å². The largest absolute Gasteiger partial charge is 0.376 e. The van der Waals surface area contributed by atoms with Crippen LogP contribution in [-0.2, 0) is 22.6 Å². The van der Waals surface area contributed by atoms with Gasteiger partial charge in [0, 0.05) is 24.8 Å². The highest BCUT2D eigenvalue weighted by Gasteiger charge is 2.15. The molecule has 0 aromatic heterocycles. The smallest absolute Gasteiger partial charge is 0.128 e. The van der Waals surface area contributed by atoms with E-state index in [1.54, 1.807) is 0 Å². The predicted octanol–water partition coefficient (Wildman–Crippen LogP) is 3.02. The van der Waals surface area contributed by atoms with Crippen molar-refractivity contribution in [3.8, 4) is 0 Å². The molecule has 1 unspecified atom stereocenters. The lowest BCUT2D eigenvalue weighted by Crippen LogP contribution is -2.22. The van der Waals surface area contributed by atoms with Crippen molar-refractivity contribution in [1.82, 2.24) is 5.32 Å². The molecule has 20 heavy (non-hydrogen) atoms. The molecular formula is C16H24FNO2. The highest BCUT2D eigenvalue weighted by molar-refractivity contribution is 5.24. The SMILES string of the molecule is CC(C)NCc1ccc(F)c(COCC2CCCO2)c1. The van der Waals surface area contributed by atoms with Gasteiger partial charge in [-0.25, -0.2) is 4.39 Å². The quantitative estimate of drug-likeness (QED) is 0.833. The second kappa shape index (κ2) is 7.72. The van der Waals surface area contributed by atoms with E-state index in [-0.39, 0.29) is 11.9 Å². The Hall–Kier alpha value is -0.970. The molecule has 0 aliphatic carbocycles. The third-order valence-electron chi connectivity index (χ3n) is 3.41. The molecular weight excluding hydrogens is 257 g/mol. The van der Waals surface area contributed by atoms with Gasteiger partial charge in [0.25, 0.3) is 0 Å². The van der Waals surface area contributed by atoms with Gasteiger partial charge in [-0.1, -0.05) is 19.9 Å². The van der Waals surface area contributed by atoms with Gasteiger partial charge >= 0.3 is 0 Å². The number of nitrogens with one attached hydrogen (secondary N) is 1. The zero-order valence-electron chi connectivity index (χ0n) is 12.3. The van der Waals surface area contributed by atoms with Crippen LogP contribution in [0.25, 0.3) is 0 Å². The van der Waals surface area contributed by atoms with Gasteiger partial charge in [-0.3, -0.25) is 0 Å². The van der Waals surface area contributed by atoms with Crippen LogP contribution < -0.4 is 5.32 Å². The van der Waals surface area contributed by atoms with E-state index in [9.17, 15) is 4.39 Å². The number of benzene rings is 1. The van der Waals surface area contributed by atoms with Crippen LogP contribution in [0.4, 0.5) is 4.39 Å². The highest BCUT2D eigenvalue weighted by atomic mass is 19.1. The van der Waals surface area contributed by atoms with Crippen molar-refractivity contribution in [3.05, 3.63) is 35.1 Å². The molecule has 1 saturated heterocycles. The van der Waals surface area contributed by atoms with Crippen LogP contribution in [0, 0.1) is 5.82 Å². The van der Waals surface area contributed by atoms with Gasteiger partial charge < -0.3 is 14.8 Å². The summed E-state index contributed by atoms with van der Waals surface area (Å²) in [6.07, 6.45) is 2.32. The third-order valence-corrected chi connectivity index (χ3v) is 3.41. The molecule has 1 aromatic rings. The van der Waals surface area contributed by atoms with E-state index in [1.807, 2.05) is 12.1 Å². The molecule has 112 valence electrons. The van der Waals surface area contributed by atoms with E-state index in [1.165, 1.54) is 6.07 Å². The Labute approximate surface area is 120 Å². The summed E-state index contributed by atoms with van der Waals surface area (Å²) in [6.45, 7) is 6.61. The Kier molecular flexibility index (Phi) is 5.95. The van der Waals surface area contributed by atoms with Crippen LogP contribution in [0.15, 0.2) is 18.2 Å². The summed E-state index contributed by atoms with van der Waals surface area (Å²) in [7, 11) is 0. The van der Waals surface area contributed by atoms with Crippen molar-refractivity contribution in [2.75, 3.05) is 13.2 Å². The Morgan fingerprint density at radius 2 is 2.30 bits per heavy atom. The number of rotatable bonds is 7. The van der Waals surface area contributed by atoms with Crippen LogP contribution in [0.1, 0.15) is 37.8 Å². The molecule has 2 rings (SSSR count). The van der Waals surface area contributed by atoms with Crippen molar-refractivity contribution < 1.29 is 13.9 Å². The monoisotopic (exact) mass is 281 g/mol. The third kappa shape index (κ3) is 4.85. The topological polar surface area (TPSA) is 30.5 Å². The first kappa shape index (κ1) is 15.4. The maximum absolute atomic E-state index is 13.7. The minimum absolute atomic E-state index is 0.184. The molecule has 0 radical (unpaired) electrons. The first-order chi connectivity index (χ1) is 9.65. The average Bonchev–Trinajstić information content (AvgIpc) is 2.92. The molecule has 0 amide bonds. The van der Waals surface area contributed by atoms with Crippen LogP contribution in [-0.4, -0.2) is 25.4 Å². The molecule has 1 fully saturated rings. The Morgan fingerprint density at radius 3 is 3.00 bits per heavy atom. The molecule has 0 spiro atoms. The fourth-order valence-corrected chi connectivity index (χ4v) is 2.25. The summed E-state index contributed by atoms with van der Waals surface area (Å²) in [4.78, 5) is 0. The molecule has 0 saturated carbocycles. The maximum Gasteiger partial charge on any atom is 0.128 e. The second-order valence-electron chi connectivity index (χ2n) is 5.61. The molecule has 4 heteroatoms. The van der Waals surface area contributed by atoms with Crippen LogP contribution in [0.3, 0.4) is 0 Å². The number of ether oxygens (including phenoxy) is 2. The minimum atomic E-state index is -0.203. The van der Waals surface area contributed by atoms with Gasteiger partial charge in [0.05, 0.1) is 19.3 Å². The lowest BCUT2D eigenvalue weighted by Gasteiger charge is -2.12. The average molecular weight is 281 g/mol. The second-order valence-corrected chi connectivity index (χ2v) is 5.61. The Morgan fingerprint density at radius 1 is 1.45 bits per heavy atom. The van der Waals surface area contributed by atoms with Crippen LogP contribution in [0.2, 0.25) is 0 Å². The maximum atomic E-state index is 13.7. The molecule has 3 nitrogen and oxygen atoms in total. The van der Waals surface area contributed by atoms with E-state index in [0.29, 0.717) is 24.8 Å². The first-order valence-electron chi connectivity index (χ1n) is 7.35. The summed E-state index contributed by atoms with van der Waals surface area (Å²) in [5.74, 6) is -0.203. The van der Waals surface area contributed by atoms with Crippen molar-refractivity contribution in [1.29, 1.82) is 0 Å². The molecule has 0 bridgehead atoms. The standard InChI is InChI=1S/C16H24FNO2/c1-12(2)18-9-13-5-6-16(17)14(8-13)10-19-11-15-4-3-7-20-15/h5-6,8,12,15,18H,3-4,7,9-11H2,1-2H3. The first-order valence-corrected chi connectivity index (χ1v) is 7.35. The van der Waals surface area contributed by atoms with E-state index in [2.05, 4.69) is 19.2 Å². The summed E-state index contributed by atoms with van der Waals surface area (Å²) in [5, 5.41) is 3.33. The predicted molar refractivity (Wildman–Crippen MR) is 77.0 cm³/mol. The van der Waals surface area contributed by atoms with Gasteiger partial charge in [0.1, 0.15) is 5.82 Å². The summed E-state index contributed by atoms with van der Waals surface area (Å²) in [5.41, 5.74) is 1.70. The number of hydrogen-bond donors (Lipinski definition) is 1.